The maximum atomic E-state index is 13.5. The van der Waals surface area contributed by atoms with Gasteiger partial charge in [0.05, 0.1) is 0 Å². The maximum Gasteiger partial charge on any atom is 0.207 e. The van der Waals surface area contributed by atoms with Crippen molar-refractivity contribution in [2.75, 3.05) is 6.54 Å². The fraction of sp³-hybridized carbons (Fsp3) is 0.167. The molecule has 0 saturated carbocycles. The van der Waals surface area contributed by atoms with Crippen LogP contribution in [0.5, 0.6) is 5.75 Å². The van der Waals surface area contributed by atoms with Crippen molar-refractivity contribution in [2.45, 2.75) is 6.10 Å². The first-order chi connectivity index (χ1) is 9.47. The van der Waals surface area contributed by atoms with Crippen molar-refractivity contribution in [3.8, 4) is 5.75 Å². The Balaban J connectivity index is 2.43. The topological polar surface area (TPSA) is 35.2 Å². The Bertz CT molecular complexity index is 588. The first-order valence-electron chi connectivity index (χ1n) is 5.37. The molecule has 0 fully saturated rings. The van der Waals surface area contributed by atoms with E-state index in [1.807, 2.05) is 0 Å². The van der Waals surface area contributed by atoms with Gasteiger partial charge in [0, 0.05) is 12.1 Å². The molecule has 0 radical (unpaired) electrons. The molecule has 1 aromatic heterocycles. The van der Waals surface area contributed by atoms with Crippen LogP contribution in [0.25, 0.3) is 0 Å². The highest BCUT2D eigenvalue weighted by Gasteiger charge is 2.28. The number of ether oxygens (including phenoxy) is 1. The quantitative estimate of drug-likeness (QED) is 0.533. The van der Waals surface area contributed by atoms with Crippen molar-refractivity contribution in [3.05, 3.63) is 51.5 Å². The Hall–Kier alpha value is -1.67. The van der Waals surface area contributed by atoms with Gasteiger partial charge in [-0.15, -0.1) is 0 Å². The molecule has 1 unspecified atom stereocenters. The minimum atomic E-state index is -2.23. The van der Waals surface area contributed by atoms with Gasteiger partial charge in [-0.2, -0.15) is 20.1 Å². The van der Waals surface area contributed by atoms with Crippen LogP contribution in [0.15, 0.2) is 16.8 Å². The van der Waals surface area contributed by atoms with Crippen LogP contribution in [0.4, 0.5) is 22.0 Å². The van der Waals surface area contributed by atoms with Crippen LogP contribution in [0.2, 0.25) is 0 Å². The standard InChI is InChI=1S/C12H8F5NOS/c13-7-8(14)10(16)12(11(17)9(7)15)19-6(3-18)5-1-2-20-4-5/h1-2,4,6H,3,18H2. The van der Waals surface area contributed by atoms with E-state index in [9.17, 15) is 22.0 Å². The Morgan fingerprint density at radius 3 is 2.00 bits per heavy atom. The minimum absolute atomic E-state index is 0.184. The van der Waals surface area contributed by atoms with Gasteiger partial charge in [-0.1, -0.05) is 0 Å². The maximum absolute atomic E-state index is 13.5. The molecule has 2 N–H and O–H groups in total. The minimum Gasteiger partial charge on any atom is -0.478 e. The second-order valence-electron chi connectivity index (χ2n) is 3.80. The molecule has 0 aliphatic heterocycles. The van der Waals surface area contributed by atoms with Crippen LogP contribution in [-0.2, 0) is 0 Å². The predicted molar refractivity (Wildman–Crippen MR) is 63.0 cm³/mol. The van der Waals surface area contributed by atoms with Crippen LogP contribution >= 0.6 is 11.3 Å². The number of hydrogen-bond donors (Lipinski definition) is 1. The normalized spacial score (nSPS) is 12.5. The highest BCUT2D eigenvalue weighted by atomic mass is 32.1. The molecule has 0 aliphatic rings. The largest absolute Gasteiger partial charge is 0.478 e. The summed E-state index contributed by atoms with van der Waals surface area (Å²) in [7, 11) is 0. The molecule has 20 heavy (non-hydrogen) atoms. The highest BCUT2D eigenvalue weighted by molar-refractivity contribution is 7.07. The number of benzene rings is 1. The number of hydrogen-bond acceptors (Lipinski definition) is 3. The van der Waals surface area contributed by atoms with Crippen LogP contribution in [-0.4, -0.2) is 6.54 Å². The van der Waals surface area contributed by atoms with E-state index in [0.717, 1.165) is 0 Å². The average molecular weight is 309 g/mol. The highest BCUT2D eigenvalue weighted by Crippen LogP contribution is 2.32. The molecule has 1 aromatic carbocycles. The lowest BCUT2D eigenvalue weighted by Crippen LogP contribution is -2.20. The zero-order chi connectivity index (χ0) is 14.9. The molecular formula is C12H8F5NOS. The number of rotatable bonds is 4. The Morgan fingerprint density at radius 1 is 1.00 bits per heavy atom. The lowest BCUT2D eigenvalue weighted by molar-refractivity contribution is 0.185. The molecule has 0 amide bonds. The van der Waals surface area contributed by atoms with Crippen LogP contribution < -0.4 is 10.5 Å². The van der Waals surface area contributed by atoms with Crippen LogP contribution in [0, 0.1) is 29.1 Å². The van der Waals surface area contributed by atoms with Gasteiger partial charge in [0.15, 0.2) is 5.75 Å². The summed E-state index contributed by atoms with van der Waals surface area (Å²) in [4.78, 5) is 0. The van der Waals surface area contributed by atoms with Gasteiger partial charge in [0.25, 0.3) is 0 Å². The third kappa shape index (κ3) is 2.48. The molecule has 8 heteroatoms. The third-order valence-electron chi connectivity index (χ3n) is 2.56. The summed E-state index contributed by atoms with van der Waals surface area (Å²) < 4.78 is 70.7. The molecular weight excluding hydrogens is 301 g/mol. The van der Waals surface area contributed by atoms with E-state index >= 15 is 0 Å². The van der Waals surface area contributed by atoms with E-state index in [4.69, 9.17) is 10.5 Å². The monoisotopic (exact) mass is 309 g/mol. The summed E-state index contributed by atoms with van der Waals surface area (Å²) >= 11 is 1.28. The fourth-order valence-corrected chi connectivity index (χ4v) is 2.24. The first kappa shape index (κ1) is 14.7. The third-order valence-corrected chi connectivity index (χ3v) is 3.26. The van der Waals surface area contributed by atoms with Gasteiger partial charge < -0.3 is 10.5 Å². The van der Waals surface area contributed by atoms with Gasteiger partial charge >= 0.3 is 0 Å². The van der Waals surface area contributed by atoms with Crippen molar-refractivity contribution >= 4 is 11.3 Å². The number of nitrogens with two attached hydrogens (primary N) is 1. The molecule has 0 saturated heterocycles. The lowest BCUT2D eigenvalue weighted by atomic mass is 10.2. The van der Waals surface area contributed by atoms with E-state index in [0.29, 0.717) is 5.56 Å². The van der Waals surface area contributed by atoms with E-state index in [1.165, 1.54) is 11.3 Å². The first-order valence-corrected chi connectivity index (χ1v) is 6.31. The average Bonchev–Trinajstić information content (AvgIpc) is 2.97. The molecule has 2 rings (SSSR count). The summed E-state index contributed by atoms with van der Waals surface area (Å²) in [5, 5.41) is 3.27. The summed E-state index contributed by atoms with van der Waals surface area (Å²) in [6.45, 7) is -0.184. The van der Waals surface area contributed by atoms with Gasteiger partial charge in [-0.05, 0) is 16.8 Å². The molecule has 1 atom stereocenters. The summed E-state index contributed by atoms with van der Waals surface area (Å²) in [6, 6.07) is 1.58. The van der Waals surface area contributed by atoms with Crippen molar-refractivity contribution < 1.29 is 26.7 Å². The SMILES string of the molecule is NCC(Oc1c(F)c(F)c(F)c(F)c1F)c1ccsc1. The molecule has 2 nitrogen and oxygen atoms in total. The van der Waals surface area contributed by atoms with Crippen molar-refractivity contribution in [3.63, 3.8) is 0 Å². The van der Waals surface area contributed by atoms with Gasteiger partial charge in [0.2, 0.25) is 29.1 Å². The van der Waals surface area contributed by atoms with Gasteiger partial charge in [0.1, 0.15) is 6.10 Å². The second kappa shape index (κ2) is 5.76. The van der Waals surface area contributed by atoms with E-state index in [-0.39, 0.29) is 6.54 Å². The predicted octanol–water partition coefficient (Wildman–Crippen LogP) is 3.52. The molecule has 0 aliphatic carbocycles. The second-order valence-corrected chi connectivity index (χ2v) is 4.58. The lowest BCUT2D eigenvalue weighted by Gasteiger charge is -2.18. The summed E-state index contributed by atoms with van der Waals surface area (Å²) in [5.41, 5.74) is 5.88. The van der Waals surface area contributed by atoms with Crippen LogP contribution in [0.1, 0.15) is 11.7 Å². The molecule has 1 heterocycles. The molecule has 0 bridgehead atoms. The molecule has 2 aromatic rings. The Kier molecular flexibility index (Phi) is 4.24. The van der Waals surface area contributed by atoms with E-state index < -0.39 is 40.9 Å². The van der Waals surface area contributed by atoms with Gasteiger partial charge in [-0.25, -0.2) is 13.2 Å². The Labute approximate surface area is 114 Å². The van der Waals surface area contributed by atoms with Crippen molar-refractivity contribution in [1.82, 2.24) is 0 Å². The zero-order valence-corrected chi connectivity index (χ0v) is 10.6. The smallest absolute Gasteiger partial charge is 0.207 e. The van der Waals surface area contributed by atoms with Crippen molar-refractivity contribution in [2.24, 2.45) is 5.73 Å². The fourth-order valence-electron chi connectivity index (χ4n) is 1.54. The summed E-state index contributed by atoms with van der Waals surface area (Å²) in [5.74, 6) is -11.7. The Morgan fingerprint density at radius 2 is 1.55 bits per heavy atom. The van der Waals surface area contributed by atoms with Gasteiger partial charge in [-0.3, -0.25) is 0 Å². The van der Waals surface area contributed by atoms with Crippen LogP contribution in [0.3, 0.4) is 0 Å². The molecule has 108 valence electrons. The molecule has 0 spiro atoms. The summed E-state index contributed by atoms with van der Waals surface area (Å²) in [6.07, 6.45) is -1.01. The van der Waals surface area contributed by atoms with Crippen molar-refractivity contribution in [1.29, 1.82) is 0 Å². The number of thiophene rings is 1. The zero-order valence-electron chi connectivity index (χ0n) is 9.80. The van der Waals surface area contributed by atoms with E-state index in [1.54, 1.807) is 16.8 Å². The van der Waals surface area contributed by atoms with E-state index in [2.05, 4.69) is 0 Å². The number of halogens is 5.